The van der Waals surface area contributed by atoms with E-state index in [-0.39, 0.29) is 12.1 Å². The molecule has 0 aliphatic rings. The average Bonchev–Trinajstić information content (AvgIpc) is 2.57. The predicted molar refractivity (Wildman–Crippen MR) is 86.3 cm³/mol. The van der Waals surface area contributed by atoms with Gasteiger partial charge in [0, 0.05) is 11.6 Å². The second-order valence-corrected chi connectivity index (χ2v) is 4.93. The first-order chi connectivity index (χ1) is 10.7. The average molecular weight is 293 g/mol. The molecule has 2 aromatic carbocycles. The summed E-state index contributed by atoms with van der Waals surface area (Å²) in [6.07, 6.45) is 0.731. The van der Waals surface area contributed by atoms with E-state index in [1.165, 1.54) is 4.57 Å². The van der Waals surface area contributed by atoms with E-state index in [9.17, 15) is 9.59 Å². The van der Waals surface area contributed by atoms with Crippen molar-refractivity contribution in [2.45, 2.75) is 6.54 Å². The zero-order chi connectivity index (χ0) is 15.5. The van der Waals surface area contributed by atoms with Crippen molar-refractivity contribution < 1.29 is 9.53 Å². The van der Waals surface area contributed by atoms with Crippen molar-refractivity contribution in [2.75, 3.05) is 7.11 Å². The maximum Gasteiger partial charge on any atom is 0.259 e. The van der Waals surface area contributed by atoms with Crippen LogP contribution in [-0.2, 0) is 11.3 Å². The summed E-state index contributed by atoms with van der Waals surface area (Å²) in [5.74, 6) is 0.652. The molecule has 0 atom stereocenters. The topological polar surface area (TPSA) is 48.3 Å². The van der Waals surface area contributed by atoms with Gasteiger partial charge in [-0.05, 0) is 29.1 Å². The molecule has 0 unspecified atom stereocenters. The smallest absolute Gasteiger partial charge is 0.259 e. The number of carbonyl (C=O) groups excluding carboxylic acids is 1. The van der Waals surface area contributed by atoms with E-state index in [0.717, 1.165) is 17.2 Å². The van der Waals surface area contributed by atoms with Gasteiger partial charge in [0.25, 0.3) is 5.56 Å². The van der Waals surface area contributed by atoms with Gasteiger partial charge in [-0.25, -0.2) is 0 Å². The maximum absolute atomic E-state index is 12.7. The zero-order valence-electron chi connectivity index (χ0n) is 12.2. The first kappa shape index (κ1) is 14.1. The van der Waals surface area contributed by atoms with E-state index in [4.69, 9.17) is 4.74 Å². The third kappa shape index (κ3) is 2.39. The van der Waals surface area contributed by atoms with Crippen molar-refractivity contribution in [3.8, 4) is 16.9 Å². The highest BCUT2D eigenvalue weighted by Gasteiger charge is 2.11. The minimum absolute atomic E-state index is 0.0170. The van der Waals surface area contributed by atoms with Crippen molar-refractivity contribution in [1.82, 2.24) is 4.57 Å². The number of nitrogens with zero attached hydrogens (tertiary/aromatic N) is 1. The zero-order valence-corrected chi connectivity index (χ0v) is 12.2. The summed E-state index contributed by atoms with van der Waals surface area (Å²) in [5, 5.41) is 0.890. The van der Waals surface area contributed by atoms with E-state index in [1.54, 1.807) is 13.2 Å². The Bertz CT molecular complexity index is 882. The Morgan fingerprint density at radius 1 is 1.09 bits per heavy atom. The molecule has 0 aliphatic carbocycles. The van der Waals surface area contributed by atoms with Gasteiger partial charge >= 0.3 is 0 Å². The third-order valence-corrected chi connectivity index (χ3v) is 3.65. The first-order valence-electron chi connectivity index (χ1n) is 6.95. The van der Waals surface area contributed by atoms with Crippen molar-refractivity contribution in [1.29, 1.82) is 0 Å². The van der Waals surface area contributed by atoms with Crippen LogP contribution in [-0.4, -0.2) is 18.0 Å². The van der Waals surface area contributed by atoms with Gasteiger partial charge in [-0.2, -0.15) is 0 Å². The SMILES string of the molecule is COc1ccc2cc(-c3ccccc3)c(=O)n(CC=O)c2c1. The molecule has 0 saturated carbocycles. The number of carbonyl (C=O) groups is 1. The summed E-state index contributed by atoms with van der Waals surface area (Å²) in [5.41, 5.74) is 1.93. The molecule has 1 heterocycles. The highest BCUT2D eigenvalue weighted by molar-refractivity contribution is 5.85. The highest BCUT2D eigenvalue weighted by atomic mass is 16.5. The number of fused-ring (bicyclic) bond motifs is 1. The monoisotopic (exact) mass is 293 g/mol. The summed E-state index contributed by atoms with van der Waals surface area (Å²) in [4.78, 5) is 23.7. The molecule has 4 heteroatoms. The van der Waals surface area contributed by atoms with E-state index in [0.29, 0.717) is 16.8 Å². The molecule has 1 aromatic heterocycles. The number of pyridine rings is 1. The predicted octanol–water partition coefficient (Wildman–Crippen LogP) is 2.88. The molecule has 0 spiro atoms. The maximum atomic E-state index is 12.7. The van der Waals surface area contributed by atoms with Crippen molar-refractivity contribution in [3.63, 3.8) is 0 Å². The molecule has 0 fully saturated rings. The summed E-state index contributed by atoms with van der Waals surface area (Å²) >= 11 is 0. The number of hydrogen-bond acceptors (Lipinski definition) is 3. The highest BCUT2D eigenvalue weighted by Crippen LogP contribution is 2.24. The molecule has 0 saturated heterocycles. The fourth-order valence-corrected chi connectivity index (χ4v) is 2.56. The molecule has 3 aromatic rings. The van der Waals surface area contributed by atoms with Crippen LogP contribution in [0, 0.1) is 0 Å². The van der Waals surface area contributed by atoms with Crippen LogP contribution in [0.15, 0.2) is 59.4 Å². The van der Waals surface area contributed by atoms with Crippen LogP contribution in [0.5, 0.6) is 5.75 Å². The summed E-state index contributed by atoms with van der Waals surface area (Å²) in [6, 6.07) is 16.8. The Labute approximate surface area is 127 Å². The van der Waals surface area contributed by atoms with Crippen molar-refractivity contribution in [2.24, 2.45) is 0 Å². The van der Waals surface area contributed by atoms with Crippen LogP contribution in [0.2, 0.25) is 0 Å². The number of aldehydes is 1. The quantitative estimate of drug-likeness (QED) is 0.695. The van der Waals surface area contributed by atoms with Gasteiger partial charge < -0.3 is 14.1 Å². The Morgan fingerprint density at radius 3 is 2.55 bits per heavy atom. The number of benzene rings is 2. The van der Waals surface area contributed by atoms with Crippen LogP contribution >= 0.6 is 0 Å². The molecule has 3 rings (SSSR count). The van der Waals surface area contributed by atoms with Crippen LogP contribution in [0.4, 0.5) is 0 Å². The third-order valence-electron chi connectivity index (χ3n) is 3.65. The molecule has 0 N–H and O–H groups in total. The van der Waals surface area contributed by atoms with Crippen LogP contribution in [0.1, 0.15) is 0 Å². The molecule has 0 aliphatic heterocycles. The number of methoxy groups -OCH3 is 1. The lowest BCUT2D eigenvalue weighted by Crippen LogP contribution is -2.22. The fourth-order valence-electron chi connectivity index (χ4n) is 2.56. The van der Waals surface area contributed by atoms with Crippen molar-refractivity contribution >= 4 is 17.2 Å². The summed E-state index contributed by atoms with van der Waals surface area (Å²) in [6.45, 7) is 0.0170. The van der Waals surface area contributed by atoms with Crippen LogP contribution in [0.3, 0.4) is 0 Å². The van der Waals surface area contributed by atoms with Crippen molar-refractivity contribution in [3.05, 3.63) is 65.0 Å². The minimum Gasteiger partial charge on any atom is -0.497 e. The summed E-state index contributed by atoms with van der Waals surface area (Å²) < 4.78 is 6.69. The number of rotatable bonds is 4. The van der Waals surface area contributed by atoms with Gasteiger partial charge in [0.15, 0.2) is 0 Å². The van der Waals surface area contributed by atoms with E-state index >= 15 is 0 Å². The largest absolute Gasteiger partial charge is 0.497 e. The number of ether oxygens (including phenoxy) is 1. The Balaban J connectivity index is 2.35. The van der Waals surface area contributed by atoms with E-state index < -0.39 is 0 Å². The van der Waals surface area contributed by atoms with Crippen LogP contribution in [0.25, 0.3) is 22.0 Å². The lowest BCUT2D eigenvalue weighted by atomic mass is 10.0. The Morgan fingerprint density at radius 2 is 1.86 bits per heavy atom. The molecule has 0 amide bonds. The lowest BCUT2D eigenvalue weighted by molar-refractivity contribution is -0.108. The summed E-state index contributed by atoms with van der Waals surface area (Å²) in [7, 11) is 1.57. The minimum atomic E-state index is -0.181. The number of aromatic nitrogens is 1. The van der Waals surface area contributed by atoms with Gasteiger partial charge in [-0.15, -0.1) is 0 Å². The standard InChI is InChI=1S/C18H15NO3/c1-22-15-8-7-14-11-16(13-5-3-2-4-6-13)18(21)19(9-10-20)17(14)12-15/h2-8,10-12H,9H2,1H3. The molecular formula is C18H15NO3. The molecule has 110 valence electrons. The fraction of sp³-hybridized carbons (Fsp3) is 0.111. The van der Waals surface area contributed by atoms with Gasteiger partial charge in [0.1, 0.15) is 12.0 Å². The molecule has 0 bridgehead atoms. The molecular weight excluding hydrogens is 278 g/mol. The Hall–Kier alpha value is -2.88. The van der Waals surface area contributed by atoms with E-state index in [2.05, 4.69) is 0 Å². The molecule has 0 radical (unpaired) electrons. The van der Waals surface area contributed by atoms with Gasteiger partial charge in [-0.3, -0.25) is 4.79 Å². The second kappa shape index (κ2) is 5.85. The van der Waals surface area contributed by atoms with Gasteiger partial charge in [0.2, 0.25) is 0 Å². The first-order valence-corrected chi connectivity index (χ1v) is 6.95. The molecule has 22 heavy (non-hydrogen) atoms. The molecule has 4 nitrogen and oxygen atoms in total. The number of hydrogen-bond donors (Lipinski definition) is 0. The van der Waals surface area contributed by atoms with E-state index in [1.807, 2.05) is 48.5 Å². The lowest BCUT2D eigenvalue weighted by Gasteiger charge is -2.12. The van der Waals surface area contributed by atoms with Gasteiger partial charge in [-0.1, -0.05) is 30.3 Å². The Kier molecular flexibility index (Phi) is 3.74. The van der Waals surface area contributed by atoms with Gasteiger partial charge in [0.05, 0.1) is 19.2 Å². The second-order valence-electron chi connectivity index (χ2n) is 4.93. The normalized spacial score (nSPS) is 10.6. The van der Waals surface area contributed by atoms with Crippen LogP contribution < -0.4 is 10.3 Å².